The first-order valence-corrected chi connectivity index (χ1v) is 9.33. The van der Waals surface area contributed by atoms with E-state index < -0.39 is 0 Å². The zero-order valence-electron chi connectivity index (χ0n) is 14.8. The van der Waals surface area contributed by atoms with Crippen LogP contribution in [0.3, 0.4) is 0 Å². The number of nitrogens with zero attached hydrogens (tertiary/aromatic N) is 2. The summed E-state index contributed by atoms with van der Waals surface area (Å²) in [6.45, 7) is 4.53. The second kappa shape index (κ2) is 7.14. The molecule has 134 valence electrons. The predicted molar refractivity (Wildman–Crippen MR) is 105 cm³/mol. The molecule has 3 aromatic rings. The number of hydrogen-bond acceptors (Lipinski definition) is 2. The van der Waals surface area contributed by atoms with Gasteiger partial charge in [0, 0.05) is 30.2 Å². The van der Waals surface area contributed by atoms with Crippen molar-refractivity contribution in [2.24, 2.45) is 0 Å². The zero-order valence-corrected chi connectivity index (χ0v) is 15.5. The summed E-state index contributed by atoms with van der Waals surface area (Å²) in [5.41, 5.74) is 4.39. The van der Waals surface area contributed by atoms with Gasteiger partial charge in [0.25, 0.3) is 5.56 Å². The molecule has 0 fully saturated rings. The third-order valence-corrected chi connectivity index (χ3v) is 5.36. The normalized spacial score (nSPS) is 15.6. The minimum atomic E-state index is -0.00400. The van der Waals surface area contributed by atoms with Crippen LogP contribution >= 0.6 is 11.6 Å². The molecule has 2 heterocycles. The maximum atomic E-state index is 12.8. The Balaban J connectivity index is 1.56. The van der Waals surface area contributed by atoms with Crippen molar-refractivity contribution in [3.63, 3.8) is 0 Å². The smallest absolute Gasteiger partial charge is 0.270 e. The molecule has 0 amide bonds. The van der Waals surface area contributed by atoms with Crippen molar-refractivity contribution >= 4 is 11.6 Å². The van der Waals surface area contributed by atoms with Crippen molar-refractivity contribution in [2.75, 3.05) is 6.54 Å². The second-order valence-corrected chi connectivity index (χ2v) is 7.36. The van der Waals surface area contributed by atoms with E-state index in [2.05, 4.69) is 35.1 Å². The number of hydrogen-bond donors (Lipinski definition) is 1. The second-order valence-electron chi connectivity index (χ2n) is 6.92. The zero-order chi connectivity index (χ0) is 18.1. The van der Waals surface area contributed by atoms with E-state index in [4.69, 9.17) is 11.6 Å². The van der Waals surface area contributed by atoms with Gasteiger partial charge in [0.05, 0.1) is 11.7 Å². The van der Waals surface area contributed by atoms with Gasteiger partial charge in [-0.15, -0.1) is 0 Å². The first kappa shape index (κ1) is 17.1. The summed E-state index contributed by atoms with van der Waals surface area (Å²) in [5.74, 6) is 0. The quantitative estimate of drug-likeness (QED) is 0.757. The van der Waals surface area contributed by atoms with Gasteiger partial charge in [0.1, 0.15) is 0 Å². The molecule has 0 radical (unpaired) electrons. The van der Waals surface area contributed by atoms with Crippen LogP contribution in [0.25, 0.3) is 0 Å². The summed E-state index contributed by atoms with van der Waals surface area (Å²) < 4.78 is 1.77. The lowest BCUT2D eigenvalue weighted by atomic mass is 10.1. The fraction of sp³-hybridized carbons (Fsp3) is 0.286. The lowest BCUT2D eigenvalue weighted by Crippen LogP contribution is -2.32. The van der Waals surface area contributed by atoms with Crippen LogP contribution in [0.4, 0.5) is 0 Å². The fourth-order valence-corrected chi connectivity index (χ4v) is 3.89. The molecule has 0 spiro atoms. The molecule has 1 aliphatic rings. The third-order valence-electron chi connectivity index (χ3n) is 5.12. The maximum absolute atomic E-state index is 12.8. The van der Waals surface area contributed by atoms with Crippen LogP contribution in [0, 0.1) is 0 Å². The Bertz CT molecular complexity index is 961. The summed E-state index contributed by atoms with van der Waals surface area (Å²) in [5, 5.41) is 4.12. The molecule has 1 aromatic heterocycles. The van der Waals surface area contributed by atoms with Crippen molar-refractivity contribution in [1.29, 1.82) is 0 Å². The number of aromatic nitrogens is 2. The first-order chi connectivity index (χ1) is 12.6. The number of benzene rings is 2. The summed E-state index contributed by atoms with van der Waals surface area (Å²) in [6, 6.07) is 18.1. The van der Waals surface area contributed by atoms with E-state index in [9.17, 15) is 4.79 Å². The van der Waals surface area contributed by atoms with Crippen LogP contribution < -0.4 is 5.56 Å². The van der Waals surface area contributed by atoms with Gasteiger partial charge in [-0.1, -0.05) is 54.1 Å². The summed E-state index contributed by atoms with van der Waals surface area (Å²) in [6.07, 6.45) is 0.778. The van der Waals surface area contributed by atoms with Crippen molar-refractivity contribution in [2.45, 2.75) is 32.5 Å². The Labute approximate surface area is 158 Å². The highest BCUT2D eigenvalue weighted by Gasteiger charge is 2.24. The number of halogens is 1. The number of H-pyrrole nitrogens is 1. The van der Waals surface area contributed by atoms with E-state index >= 15 is 0 Å². The highest BCUT2D eigenvalue weighted by molar-refractivity contribution is 6.30. The highest BCUT2D eigenvalue weighted by atomic mass is 35.5. The topological polar surface area (TPSA) is 41.0 Å². The molecular formula is C21H22ClN3O. The third kappa shape index (κ3) is 3.35. The molecule has 4 rings (SSSR count). The summed E-state index contributed by atoms with van der Waals surface area (Å²) in [7, 11) is 0. The molecule has 0 saturated carbocycles. The standard InChI is InChI=1S/C21H22ClN3O/c1-15(17-7-3-2-4-8-17)25-21(26)19-10-11-24(14-20(19)23-25)13-16-6-5-9-18(22)12-16/h2-9,12,15,23H,10-11,13-14H2,1H3. The first-order valence-electron chi connectivity index (χ1n) is 8.96. The molecular weight excluding hydrogens is 346 g/mol. The highest BCUT2D eigenvalue weighted by Crippen LogP contribution is 2.21. The van der Waals surface area contributed by atoms with Gasteiger partial charge in [-0.05, 0) is 36.6 Å². The van der Waals surface area contributed by atoms with Crippen LogP contribution in [0.1, 0.15) is 35.3 Å². The number of rotatable bonds is 4. The average Bonchev–Trinajstić information content (AvgIpc) is 2.98. The van der Waals surface area contributed by atoms with Gasteiger partial charge < -0.3 is 0 Å². The molecule has 1 unspecified atom stereocenters. The molecule has 5 heteroatoms. The van der Waals surface area contributed by atoms with E-state index in [-0.39, 0.29) is 11.6 Å². The molecule has 1 N–H and O–H groups in total. The van der Waals surface area contributed by atoms with Crippen molar-refractivity contribution < 1.29 is 0 Å². The Morgan fingerprint density at radius 2 is 1.96 bits per heavy atom. The minimum absolute atomic E-state index is 0.00400. The minimum Gasteiger partial charge on any atom is -0.298 e. The lowest BCUT2D eigenvalue weighted by molar-refractivity contribution is 0.242. The van der Waals surface area contributed by atoms with Crippen molar-refractivity contribution in [3.05, 3.63) is 92.4 Å². The van der Waals surface area contributed by atoms with Crippen LogP contribution in [0.15, 0.2) is 59.4 Å². The Morgan fingerprint density at radius 3 is 2.73 bits per heavy atom. The van der Waals surface area contributed by atoms with Gasteiger partial charge in [0.15, 0.2) is 0 Å². The van der Waals surface area contributed by atoms with Crippen molar-refractivity contribution in [1.82, 2.24) is 14.7 Å². The number of nitrogens with one attached hydrogen (secondary N) is 1. The predicted octanol–water partition coefficient (Wildman–Crippen LogP) is 4.00. The molecule has 0 saturated heterocycles. The monoisotopic (exact) mass is 367 g/mol. The molecule has 2 aromatic carbocycles. The van der Waals surface area contributed by atoms with Gasteiger partial charge in [0.2, 0.25) is 0 Å². The molecule has 0 bridgehead atoms. The van der Waals surface area contributed by atoms with E-state index in [1.165, 1.54) is 5.56 Å². The molecule has 26 heavy (non-hydrogen) atoms. The molecule has 4 nitrogen and oxygen atoms in total. The van der Waals surface area contributed by atoms with Crippen LogP contribution in [0.2, 0.25) is 5.02 Å². The molecule has 1 aliphatic heterocycles. The Hall–Kier alpha value is -2.30. The maximum Gasteiger partial charge on any atom is 0.270 e. The Morgan fingerprint density at radius 1 is 1.15 bits per heavy atom. The van der Waals surface area contributed by atoms with E-state index in [1.54, 1.807) is 4.68 Å². The van der Waals surface area contributed by atoms with E-state index in [0.717, 1.165) is 47.9 Å². The van der Waals surface area contributed by atoms with Gasteiger partial charge >= 0.3 is 0 Å². The molecule has 0 aliphatic carbocycles. The van der Waals surface area contributed by atoms with Crippen molar-refractivity contribution in [3.8, 4) is 0 Å². The number of aromatic amines is 1. The van der Waals surface area contributed by atoms with Crippen LogP contribution in [-0.2, 0) is 19.5 Å². The summed E-state index contributed by atoms with van der Waals surface area (Å²) >= 11 is 6.09. The van der Waals surface area contributed by atoms with Gasteiger partial charge in [-0.3, -0.25) is 14.8 Å². The largest absolute Gasteiger partial charge is 0.298 e. The van der Waals surface area contributed by atoms with Gasteiger partial charge in [-0.2, -0.15) is 0 Å². The van der Waals surface area contributed by atoms with Crippen LogP contribution in [0.5, 0.6) is 0 Å². The lowest BCUT2D eigenvalue weighted by Gasteiger charge is -2.26. The average molecular weight is 368 g/mol. The van der Waals surface area contributed by atoms with E-state index in [0.29, 0.717) is 0 Å². The SMILES string of the molecule is CC(c1ccccc1)n1[nH]c2c(c1=O)CCN(Cc1cccc(Cl)c1)C2. The van der Waals surface area contributed by atoms with Gasteiger partial charge in [-0.25, -0.2) is 4.68 Å². The Kier molecular flexibility index (Phi) is 4.70. The van der Waals surface area contributed by atoms with E-state index in [1.807, 2.05) is 36.4 Å². The number of fused-ring (bicyclic) bond motifs is 1. The molecule has 1 atom stereocenters. The summed E-state index contributed by atoms with van der Waals surface area (Å²) in [4.78, 5) is 15.2. The fourth-order valence-electron chi connectivity index (χ4n) is 3.68. The van der Waals surface area contributed by atoms with Crippen LogP contribution in [-0.4, -0.2) is 21.2 Å².